The summed E-state index contributed by atoms with van der Waals surface area (Å²) in [6.45, 7) is 9.20. The van der Waals surface area contributed by atoms with Gasteiger partial charge in [0.15, 0.2) is 6.20 Å². The van der Waals surface area contributed by atoms with E-state index in [9.17, 15) is 0 Å². The largest absolute Gasteiger partial charge is 0.455 e. The molecule has 182 valence electrons. The summed E-state index contributed by atoms with van der Waals surface area (Å²) in [4.78, 5) is 0. The zero-order valence-corrected chi connectivity index (χ0v) is 22.1. The Hall–Kier alpha value is -3.39. The van der Waals surface area contributed by atoms with Gasteiger partial charge in [0.25, 0.3) is 0 Å². The summed E-state index contributed by atoms with van der Waals surface area (Å²) >= 11 is 0. The van der Waals surface area contributed by atoms with Gasteiger partial charge < -0.3 is 4.42 Å². The average molecular weight is 478 g/mol. The van der Waals surface area contributed by atoms with Crippen molar-refractivity contribution >= 4 is 21.9 Å². The van der Waals surface area contributed by atoms with Gasteiger partial charge in [0.1, 0.15) is 18.2 Å². The highest BCUT2D eigenvalue weighted by Crippen LogP contribution is 2.50. The average Bonchev–Trinajstić information content (AvgIpc) is 3.25. The Morgan fingerprint density at radius 3 is 2.28 bits per heavy atom. The number of fused-ring (bicyclic) bond motifs is 5. The van der Waals surface area contributed by atoms with Crippen molar-refractivity contribution in [1.29, 1.82) is 0 Å². The molecule has 0 unspecified atom stereocenters. The minimum atomic E-state index is -2.24. The number of benzene rings is 3. The van der Waals surface area contributed by atoms with Gasteiger partial charge in [-0.1, -0.05) is 82.3 Å². The van der Waals surface area contributed by atoms with Crippen molar-refractivity contribution in [3.63, 3.8) is 0 Å². The Labute approximate surface area is 218 Å². The van der Waals surface area contributed by atoms with Crippen LogP contribution >= 0.6 is 0 Å². The number of hydrogen-bond acceptors (Lipinski definition) is 1. The molecule has 2 nitrogen and oxygen atoms in total. The van der Waals surface area contributed by atoms with Gasteiger partial charge in [-0.2, -0.15) is 0 Å². The Morgan fingerprint density at radius 1 is 0.833 bits per heavy atom. The SMILES string of the molecule is [2H]C([2H])([2H])c1c[n+](C)c(-c2c(C)ccc3c2oc2c4c(ccc23)C(C)(C)CCC4(C)C)cc1-c1ccccc1. The van der Waals surface area contributed by atoms with E-state index >= 15 is 0 Å². The summed E-state index contributed by atoms with van der Waals surface area (Å²) in [7, 11) is 1.92. The summed E-state index contributed by atoms with van der Waals surface area (Å²) in [5, 5.41) is 2.23. The number of pyridine rings is 1. The fraction of sp³-hybridized carbons (Fsp3) is 0.324. The molecule has 1 aliphatic carbocycles. The molecule has 0 spiro atoms. The molecular formula is C34H36NO+. The maximum Gasteiger partial charge on any atom is 0.216 e. The number of nitrogens with zero attached hydrogens (tertiary/aromatic N) is 1. The van der Waals surface area contributed by atoms with E-state index in [1.807, 2.05) is 48.0 Å². The van der Waals surface area contributed by atoms with Crippen molar-refractivity contribution < 1.29 is 13.1 Å². The summed E-state index contributed by atoms with van der Waals surface area (Å²) < 4.78 is 33.6. The van der Waals surface area contributed by atoms with Gasteiger partial charge in [-0.3, -0.25) is 0 Å². The summed E-state index contributed by atoms with van der Waals surface area (Å²) in [6, 6.07) is 20.7. The second-order valence-electron chi connectivity index (χ2n) is 11.8. The quantitative estimate of drug-likeness (QED) is 0.232. The first-order chi connectivity index (χ1) is 18.3. The van der Waals surface area contributed by atoms with E-state index in [0.717, 1.165) is 62.7 Å². The molecule has 0 fully saturated rings. The van der Waals surface area contributed by atoms with E-state index in [0.29, 0.717) is 5.56 Å². The van der Waals surface area contributed by atoms with Crippen LogP contribution in [0, 0.1) is 13.8 Å². The van der Waals surface area contributed by atoms with Gasteiger partial charge >= 0.3 is 0 Å². The van der Waals surface area contributed by atoms with Crippen LogP contribution in [0.25, 0.3) is 44.3 Å². The summed E-state index contributed by atoms with van der Waals surface area (Å²) in [6.07, 6.45) is 4.02. The van der Waals surface area contributed by atoms with E-state index in [1.165, 1.54) is 11.1 Å². The first-order valence-electron chi connectivity index (χ1n) is 14.4. The lowest BCUT2D eigenvalue weighted by Crippen LogP contribution is -2.33. The minimum Gasteiger partial charge on any atom is -0.455 e. The van der Waals surface area contributed by atoms with E-state index in [4.69, 9.17) is 8.53 Å². The number of hydrogen-bond donors (Lipinski definition) is 0. The van der Waals surface area contributed by atoms with Crippen LogP contribution in [0.2, 0.25) is 0 Å². The van der Waals surface area contributed by atoms with Crippen LogP contribution < -0.4 is 4.57 Å². The molecule has 0 aliphatic heterocycles. The molecule has 0 saturated heterocycles. The molecule has 5 aromatic rings. The molecular weight excluding hydrogens is 438 g/mol. The van der Waals surface area contributed by atoms with E-state index in [-0.39, 0.29) is 10.8 Å². The van der Waals surface area contributed by atoms with Crippen LogP contribution in [-0.2, 0) is 17.9 Å². The monoisotopic (exact) mass is 477 g/mol. The highest BCUT2D eigenvalue weighted by Gasteiger charge is 2.39. The van der Waals surface area contributed by atoms with Gasteiger partial charge in [-0.05, 0) is 59.7 Å². The minimum absolute atomic E-state index is 0.0138. The standard InChI is InChI=1S/C34H36NO/c1-21-13-14-24-25-15-16-27-30(34(5,6)18-17-33(27,3)4)32(25)36-31(24)29(21)28-19-26(22(2)20-35(28)7)23-11-9-8-10-12-23/h8-16,19-20H,17-18H2,1-7H3/q+1/i2D3. The maximum absolute atomic E-state index is 8.24. The molecule has 0 amide bonds. The van der Waals surface area contributed by atoms with Crippen molar-refractivity contribution in [1.82, 2.24) is 0 Å². The highest BCUT2D eigenvalue weighted by atomic mass is 16.3. The number of aromatic nitrogens is 1. The van der Waals surface area contributed by atoms with Crippen LogP contribution in [0.15, 0.2) is 71.3 Å². The fourth-order valence-corrected chi connectivity index (χ4v) is 6.20. The van der Waals surface area contributed by atoms with Crippen molar-refractivity contribution in [3.8, 4) is 22.4 Å². The molecule has 36 heavy (non-hydrogen) atoms. The third-order valence-corrected chi connectivity index (χ3v) is 8.41. The van der Waals surface area contributed by atoms with Gasteiger partial charge in [0, 0.05) is 32.1 Å². The Kier molecular flexibility index (Phi) is 4.28. The van der Waals surface area contributed by atoms with Crippen LogP contribution in [0.5, 0.6) is 0 Å². The van der Waals surface area contributed by atoms with Gasteiger partial charge in [0.2, 0.25) is 5.69 Å². The van der Waals surface area contributed by atoms with E-state index in [1.54, 1.807) is 6.20 Å². The normalized spacial score (nSPS) is 18.0. The molecule has 0 saturated carbocycles. The Balaban J connectivity index is 1.69. The number of furan rings is 1. The second kappa shape index (κ2) is 7.80. The molecule has 0 atom stereocenters. The van der Waals surface area contributed by atoms with Crippen LogP contribution in [0.3, 0.4) is 0 Å². The van der Waals surface area contributed by atoms with Gasteiger partial charge in [0.05, 0.1) is 5.56 Å². The number of aryl methyl sites for hydroxylation is 3. The predicted molar refractivity (Wildman–Crippen MR) is 151 cm³/mol. The molecule has 0 radical (unpaired) electrons. The highest BCUT2D eigenvalue weighted by molar-refractivity contribution is 6.11. The van der Waals surface area contributed by atoms with Crippen molar-refractivity contribution in [2.24, 2.45) is 7.05 Å². The first kappa shape index (κ1) is 19.8. The maximum atomic E-state index is 8.24. The topological polar surface area (TPSA) is 17.0 Å². The van der Waals surface area contributed by atoms with Crippen molar-refractivity contribution in [3.05, 3.63) is 89.1 Å². The molecule has 3 aromatic carbocycles. The van der Waals surface area contributed by atoms with Gasteiger partial charge in [-0.15, -0.1) is 0 Å². The third kappa shape index (κ3) is 3.34. The van der Waals surface area contributed by atoms with Crippen LogP contribution in [0.1, 0.15) is 66.9 Å². The predicted octanol–water partition coefficient (Wildman–Crippen LogP) is 8.71. The molecule has 0 bridgehead atoms. The second-order valence-corrected chi connectivity index (χ2v) is 11.8. The van der Waals surface area contributed by atoms with Crippen LogP contribution in [0.4, 0.5) is 0 Å². The zero-order valence-electron chi connectivity index (χ0n) is 25.1. The van der Waals surface area contributed by atoms with Crippen LogP contribution in [-0.4, -0.2) is 0 Å². The lowest BCUT2D eigenvalue weighted by Gasteiger charge is -2.41. The zero-order chi connectivity index (χ0) is 27.9. The van der Waals surface area contributed by atoms with E-state index < -0.39 is 6.85 Å². The lowest BCUT2D eigenvalue weighted by atomic mass is 9.63. The smallest absolute Gasteiger partial charge is 0.216 e. The molecule has 0 N–H and O–H groups in total. The summed E-state index contributed by atoms with van der Waals surface area (Å²) in [5.41, 5.74) is 9.61. The fourth-order valence-electron chi connectivity index (χ4n) is 6.20. The van der Waals surface area contributed by atoms with E-state index in [2.05, 4.69) is 58.9 Å². The molecule has 6 rings (SSSR count). The molecule has 2 aromatic heterocycles. The Morgan fingerprint density at radius 2 is 1.53 bits per heavy atom. The Bertz CT molecular complexity index is 1760. The molecule has 1 aliphatic rings. The van der Waals surface area contributed by atoms with Crippen molar-refractivity contribution in [2.45, 2.75) is 65.1 Å². The summed E-state index contributed by atoms with van der Waals surface area (Å²) in [5.74, 6) is 0. The van der Waals surface area contributed by atoms with Crippen molar-refractivity contribution in [2.75, 3.05) is 0 Å². The number of rotatable bonds is 2. The first-order valence-corrected chi connectivity index (χ1v) is 12.9. The van der Waals surface area contributed by atoms with Gasteiger partial charge in [-0.25, -0.2) is 4.57 Å². The third-order valence-electron chi connectivity index (χ3n) is 8.41. The lowest BCUT2D eigenvalue weighted by molar-refractivity contribution is -0.660. The molecule has 2 heteroatoms. The molecule has 2 heterocycles.